The lowest BCUT2D eigenvalue weighted by Crippen LogP contribution is -2.31. The number of nitrogens with one attached hydrogen (secondary N) is 2. The third-order valence-corrected chi connectivity index (χ3v) is 2.36. The molecule has 0 rings (SSSR count). The van der Waals surface area contributed by atoms with Gasteiger partial charge in [-0.05, 0) is 19.8 Å². The second-order valence-corrected chi connectivity index (χ2v) is 4.01. The van der Waals surface area contributed by atoms with Crippen LogP contribution in [0.1, 0.15) is 33.1 Å². The van der Waals surface area contributed by atoms with E-state index in [1.807, 2.05) is 0 Å². The molecule has 0 atom stereocenters. The van der Waals surface area contributed by atoms with Gasteiger partial charge in [0, 0.05) is 38.4 Å². The number of hydrogen-bond acceptors (Lipinski definition) is 4. The predicted molar refractivity (Wildman–Crippen MR) is 72.3 cm³/mol. The molecule has 0 aliphatic heterocycles. The van der Waals surface area contributed by atoms with E-state index < -0.39 is 0 Å². The molecule has 0 radical (unpaired) electrons. The molecule has 16 heavy (non-hydrogen) atoms. The maximum absolute atomic E-state index is 5.36. The van der Waals surface area contributed by atoms with Crippen molar-refractivity contribution in [2.24, 2.45) is 10.7 Å². The van der Waals surface area contributed by atoms with E-state index in [0.717, 1.165) is 39.1 Å². The van der Waals surface area contributed by atoms with Gasteiger partial charge in [0.1, 0.15) is 0 Å². The third kappa shape index (κ3) is 11.6. The van der Waals surface area contributed by atoms with Crippen LogP contribution in [-0.4, -0.2) is 45.0 Å². The molecule has 4 nitrogen and oxygen atoms in total. The summed E-state index contributed by atoms with van der Waals surface area (Å²) in [6.07, 6.45) is 3.65. The summed E-state index contributed by atoms with van der Waals surface area (Å²) < 4.78 is 0. The summed E-state index contributed by atoms with van der Waals surface area (Å²) in [6, 6.07) is 0. The van der Waals surface area contributed by atoms with Gasteiger partial charge >= 0.3 is 0 Å². The first-order valence-corrected chi connectivity index (χ1v) is 6.42. The molecular weight excluding hydrogens is 200 g/mol. The zero-order chi connectivity index (χ0) is 12.1. The van der Waals surface area contributed by atoms with Crippen LogP contribution in [0.4, 0.5) is 0 Å². The summed E-state index contributed by atoms with van der Waals surface area (Å²) in [7, 11) is 0. The second-order valence-electron chi connectivity index (χ2n) is 4.01. The van der Waals surface area contributed by atoms with Crippen molar-refractivity contribution in [1.29, 1.82) is 0 Å². The Bertz CT molecular complexity index is 168. The molecule has 96 valence electrons. The minimum atomic E-state index is 0.709. The Hall–Kier alpha value is -0.450. The standard InChI is InChI=1S/C12H28N4/c1-3-4-5-12(2)16-11-10-15-9-8-14-7-6-13/h14-15H,3-11,13H2,1-2H3. The van der Waals surface area contributed by atoms with Crippen molar-refractivity contribution in [1.82, 2.24) is 10.6 Å². The smallest absolute Gasteiger partial charge is 0.0513 e. The van der Waals surface area contributed by atoms with Gasteiger partial charge in [-0.25, -0.2) is 0 Å². The number of nitrogens with zero attached hydrogens (tertiary/aromatic N) is 1. The fraction of sp³-hybridized carbons (Fsp3) is 0.917. The lowest BCUT2D eigenvalue weighted by Gasteiger charge is -2.04. The minimum Gasteiger partial charge on any atom is -0.329 e. The zero-order valence-corrected chi connectivity index (χ0v) is 10.9. The lowest BCUT2D eigenvalue weighted by atomic mass is 10.2. The van der Waals surface area contributed by atoms with Crippen molar-refractivity contribution < 1.29 is 0 Å². The average molecular weight is 228 g/mol. The molecule has 4 heteroatoms. The van der Waals surface area contributed by atoms with E-state index >= 15 is 0 Å². The first-order valence-electron chi connectivity index (χ1n) is 6.42. The summed E-state index contributed by atoms with van der Waals surface area (Å²) in [4.78, 5) is 4.51. The number of aliphatic imine (C=N–C) groups is 1. The monoisotopic (exact) mass is 228 g/mol. The van der Waals surface area contributed by atoms with Gasteiger partial charge in [-0.1, -0.05) is 13.3 Å². The molecule has 0 saturated heterocycles. The molecule has 0 saturated carbocycles. The number of unbranched alkanes of at least 4 members (excludes halogenated alkanes) is 1. The highest BCUT2D eigenvalue weighted by molar-refractivity contribution is 5.81. The van der Waals surface area contributed by atoms with Gasteiger partial charge in [0.2, 0.25) is 0 Å². The second kappa shape index (κ2) is 12.6. The van der Waals surface area contributed by atoms with Crippen LogP contribution in [-0.2, 0) is 0 Å². The highest BCUT2D eigenvalue weighted by Gasteiger charge is 1.90. The van der Waals surface area contributed by atoms with E-state index in [1.165, 1.54) is 18.6 Å². The van der Waals surface area contributed by atoms with Crippen LogP contribution in [0, 0.1) is 0 Å². The molecule has 0 spiro atoms. The lowest BCUT2D eigenvalue weighted by molar-refractivity contribution is 0.618. The summed E-state index contributed by atoms with van der Waals surface area (Å²) in [5.41, 5.74) is 6.65. The highest BCUT2D eigenvalue weighted by atomic mass is 15.0. The first-order chi connectivity index (χ1) is 7.81. The van der Waals surface area contributed by atoms with Crippen LogP contribution in [0.3, 0.4) is 0 Å². The maximum Gasteiger partial charge on any atom is 0.0513 e. The Labute approximate surface area is 100 Å². The van der Waals surface area contributed by atoms with Crippen LogP contribution in [0.25, 0.3) is 0 Å². The van der Waals surface area contributed by atoms with Crippen LogP contribution in [0.5, 0.6) is 0 Å². The van der Waals surface area contributed by atoms with Crippen LogP contribution >= 0.6 is 0 Å². The van der Waals surface area contributed by atoms with Crippen molar-refractivity contribution in [3.05, 3.63) is 0 Å². The number of hydrogen-bond donors (Lipinski definition) is 3. The third-order valence-electron chi connectivity index (χ3n) is 2.36. The molecule has 0 heterocycles. The average Bonchev–Trinajstić information content (AvgIpc) is 2.30. The SMILES string of the molecule is CCCCC(C)=NCCNCCNCCN. The molecule has 0 amide bonds. The van der Waals surface area contributed by atoms with Crippen molar-refractivity contribution >= 4 is 5.71 Å². The van der Waals surface area contributed by atoms with Crippen LogP contribution < -0.4 is 16.4 Å². The molecule has 0 fully saturated rings. The topological polar surface area (TPSA) is 62.4 Å². The summed E-state index contributed by atoms with van der Waals surface area (Å²) in [6.45, 7) is 9.78. The molecule has 4 N–H and O–H groups in total. The van der Waals surface area contributed by atoms with Crippen molar-refractivity contribution in [3.8, 4) is 0 Å². The summed E-state index contributed by atoms with van der Waals surface area (Å²) in [5.74, 6) is 0. The molecule has 0 bridgehead atoms. The van der Waals surface area contributed by atoms with Crippen LogP contribution in [0.2, 0.25) is 0 Å². The van der Waals surface area contributed by atoms with E-state index in [1.54, 1.807) is 0 Å². The van der Waals surface area contributed by atoms with Crippen molar-refractivity contribution in [2.45, 2.75) is 33.1 Å². The number of nitrogens with two attached hydrogens (primary N) is 1. The first kappa shape index (κ1) is 15.6. The Kier molecular flexibility index (Phi) is 12.3. The summed E-state index contributed by atoms with van der Waals surface area (Å²) >= 11 is 0. The van der Waals surface area contributed by atoms with Gasteiger partial charge in [-0.3, -0.25) is 4.99 Å². The van der Waals surface area contributed by atoms with Crippen LogP contribution in [0.15, 0.2) is 4.99 Å². The number of rotatable bonds is 11. The van der Waals surface area contributed by atoms with Gasteiger partial charge in [-0.15, -0.1) is 0 Å². The summed E-state index contributed by atoms with van der Waals surface area (Å²) in [5, 5.41) is 6.58. The Morgan fingerprint density at radius 3 is 2.44 bits per heavy atom. The molecule has 0 aromatic rings. The van der Waals surface area contributed by atoms with Gasteiger partial charge < -0.3 is 16.4 Å². The predicted octanol–water partition coefficient (Wildman–Crippen LogP) is 0.775. The van der Waals surface area contributed by atoms with E-state index in [0.29, 0.717) is 6.54 Å². The normalized spacial score (nSPS) is 12.1. The Balaban J connectivity index is 3.18. The van der Waals surface area contributed by atoms with Gasteiger partial charge in [-0.2, -0.15) is 0 Å². The van der Waals surface area contributed by atoms with Gasteiger partial charge in [0.25, 0.3) is 0 Å². The molecule has 0 aromatic heterocycles. The quantitative estimate of drug-likeness (QED) is 0.362. The molecule has 0 aromatic carbocycles. The fourth-order valence-electron chi connectivity index (χ4n) is 1.37. The van der Waals surface area contributed by atoms with E-state index in [9.17, 15) is 0 Å². The fourth-order valence-corrected chi connectivity index (χ4v) is 1.37. The van der Waals surface area contributed by atoms with Gasteiger partial charge in [0.15, 0.2) is 0 Å². The highest BCUT2D eigenvalue weighted by Crippen LogP contribution is 1.96. The van der Waals surface area contributed by atoms with E-state index in [-0.39, 0.29) is 0 Å². The van der Waals surface area contributed by atoms with E-state index in [2.05, 4.69) is 29.5 Å². The Morgan fingerprint density at radius 1 is 1.12 bits per heavy atom. The largest absolute Gasteiger partial charge is 0.329 e. The maximum atomic E-state index is 5.36. The minimum absolute atomic E-state index is 0.709. The molecular formula is C12H28N4. The molecule has 0 aliphatic rings. The molecule has 0 aliphatic carbocycles. The van der Waals surface area contributed by atoms with E-state index in [4.69, 9.17) is 5.73 Å². The van der Waals surface area contributed by atoms with Crippen molar-refractivity contribution in [3.63, 3.8) is 0 Å². The zero-order valence-electron chi connectivity index (χ0n) is 10.9. The van der Waals surface area contributed by atoms with Gasteiger partial charge in [0.05, 0.1) is 6.54 Å². The molecule has 0 unspecified atom stereocenters. The Morgan fingerprint density at radius 2 is 1.81 bits per heavy atom. The van der Waals surface area contributed by atoms with Crippen molar-refractivity contribution in [2.75, 3.05) is 39.3 Å².